The van der Waals surface area contributed by atoms with Crippen LogP contribution in [0.15, 0.2) is 73.1 Å². The summed E-state index contributed by atoms with van der Waals surface area (Å²) < 4.78 is 12.9. The summed E-state index contributed by atoms with van der Waals surface area (Å²) in [6, 6.07) is 18.0. The minimum Gasteiger partial charge on any atom is -0.449 e. The number of nitrogens with one attached hydrogen (secondary N) is 2. The molecular formula is C30H33N5O5S. The molecule has 214 valence electrons. The number of carbonyl (C=O) groups is 3. The molecule has 0 aliphatic carbocycles. The number of imidazole rings is 1. The van der Waals surface area contributed by atoms with Crippen molar-refractivity contribution in [1.82, 2.24) is 19.6 Å². The molecular weight excluding hydrogens is 542 g/mol. The van der Waals surface area contributed by atoms with Gasteiger partial charge in [-0.2, -0.15) is 0 Å². The third-order valence-electron chi connectivity index (χ3n) is 6.81. The van der Waals surface area contributed by atoms with E-state index >= 15 is 0 Å². The molecule has 11 heteroatoms. The Morgan fingerprint density at radius 3 is 2.54 bits per heavy atom. The Hall–Kier alpha value is -4.22. The standard InChI is InChI=1S/C30H33N5O5S/c1-21(2)17-40-29(38)33-26(23-11-7-4-8-12-23)27(37)35-13-14-39-20-30(35,19-36)18-31-25-16-34-15-24(41-28(34)32-25)22-9-5-3-6-10-22/h3-12,15-16,19,21,26,31H,13-14,17-18,20H2,1-2H3,(H,33,38)/t26-,30?/m1/s1. The highest BCUT2D eigenvalue weighted by Gasteiger charge is 2.45. The van der Waals surface area contributed by atoms with Crippen LogP contribution < -0.4 is 10.6 Å². The van der Waals surface area contributed by atoms with Crippen LogP contribution in [0.2, 0.25) is 0 Å². The summed E-state index contributed by atoms with van der Waals surface area (Å²) in [6.07, 6.45) is 3.90. The molecule has 4 aromatic rings. The van der Waals surface area contributed by atoms with E-state index in [0.29, 0.717) is 11.4 Å². The molecule has 0 saturated carbocycles. The van der Waals surface area contributed by atoms with Crippen molar-refractivity contribution in [2.45, 2.75) is 25.4 Å². The monoisotopic (exact) mass is 575 g/mol. The molecule has 10 nitrogen and oxygen atoms in total. The average molecular weight is 576 g/mol. The van der Waals surface area contributed by atoms with Crippen molar-refractivity contribution in [1.29, 1.82) is 0 Å². The second-order valence-corrected chi connectivity index (χ2v) is 11.4. The van der Waals surface area contributed by atoms with Gasteiger partial charge in [0.15, 0.2) is 4.96 Å². The molecule has 1 aliphatic rings. The van der Waals surface area contributed by atoms with Crippen molar-refractivity contribution in [2.75, 3.05) is 38.2 Å². The minimum atomic E-state index is -1.31. The highest BCUT2D eigenvalue weighted by molar-refractivity contribution is 7.20. The fraction of sp³-hybridized carbons (Fsp3) is 0.333. The average Bonchev–Trinajstić information content (AvgIpc) is 3.58. The highest BCUT2D eigenvalue weighted by atomic mass is 32.1. The number of fused-ring (bicyclic) bond motifs is 1. The molecule has 41 heavy (non-hydrogen) atoms. The van der Waals surface area contributed by atoms with Crippen molar-refractivity contribution >= 4 is 40.4 Å². The Bertz CT molecular complexity index is 1460. The predicted molar refractivity (Wildman–Crippen MR) is 157 cm³/mol. The quantitative estimate of drug-likeness (QED) is 0.270. The van der Waals surface area contributed by atoms with E-state index in [-0.39, 0.29) is 38.8 Å². The lowest BCUT2D eigenvalue weighted by Crippen LogP contribution is -2.65. The van der Waals surface area contributed by atoms with Crippen molar-refractivity contribution in [2.24, 2.45) is 5.92 Å². The number of aromatic nitrogens is 2. The van der Waals surface area contributed by atoms with Gasteiger partial charge in [-0.3, -0.25) is 9.20 Å². The lowest BCUT2D eigenvalue weighted by atomic mass is 9.95. The van der Waals surface area contributed by atoms with Gasteiger partial charge in [-0.05, 0) is 17.0 Å². The smallest absolute Gasteiger partial charge is 0.408 e. The molecule has 2 N–H and O–H groups in total. The third-order valence-corrected chi connectivity index (χ3v) is 7.86. The second-order valence-electron chi connectivity index (χ2n) is 10.4. The third kappa shape index (κ3) is 6.41. The molecule has 0 spiro atoms. The molecule has 0 radical (unpaired) electrons. The van der Waals surface area contributed by atoms with Crippen LogP contribution in [0.5, 0.6) is 0 Å². The SMILES string of the molecule is CC(C)COC(=O)N[C@@H](C(=O)N1CCOCC1(C=O)CNc1cn2cc(-c3ccccc3)sc2n1)c1ccccc1. The maximum Gasteiger partial charge on any atom is 0.408 e. The number of hydrogen-bond donors (Lipinski definition) is 2. The zero-order valence-corrected chi connectivity index (χ0v) is 23.8. The number of thiazole rings is 1. The number of ether oxygens (including phenoxy) is 2. The van der Waals surface area contributed by atoms with Crippen molar-refractivity contribution in [3.8, 4) is 10.4 Å². The van der Waals surface area contributed by atoms with Crippen molar-refractivity contribution < 1.29 is 23.9 Å². The van der Waals surface area contributed by atoms with E-state index in [1.54, 1.807) is 35.6 Å². The van der Waals surface area contributed by atoms with Crippen molar-refractivity contribution in [3.63, 3.8) is 0 Å². The van der Waals surface area contributed by atoms with Crippen LogP contribution in [-0.2, 0) is 19.1 Å². The Labute approximate surface area is 242 Å². The van der Waals surface area contributed by atoms with Crippen LogP contribution in [0, 0.1) is 5.92 Å². The van der Waals surface area contributed by atoms with E-state index in [4.69, 9.17) is 9.47 Å². The van der Waals surface area contributed by atoms with Gasteiger partial charge < -0.3 is 29.8 Å². The van der Waals surface area contributed by atoms with E-state index in [1.807, 2.05) is 54.9 Å². The van der Waals surface area contributed by atoms with Gasteiger partial charge in [0.05, 0.1) is 30.9 Å². The van der Waals surface area contributed by atoms with E-state index in [2.05, 4.69) is 27.8 Å². The molecule has 1 saturated heterocycles. The van der Waals surface area contributed by atoms with Gasteiger partial charge in [-0.1, -0.05) is 85.8 Å². The molecule has 2 atom stereocenters. The lowest BCUT2D eigenvalue weighted by Gasteiger charge is -2.44. The van der Waals surface area contributed by atoms with Gasteiger partial charge in [0.2, 0.25) is 0 Å². The van der Waals surface area contributed by atoms with Gasteiger partial charge >= 0.3 is 6.09 Å². The van der Waals surface area contributed by atoms with Crippen molar-refractivity contribution in [3.05, 3.63) is 78.6 Å². The molecule has 5 rings (SSSR count). The summed E-state index contributed by atoms with van der Waals surface area (Å²) in [5.74, 6) is 0.293. The van der Waals surface area contributed by atoms with Gasteiger partial charge in [-0.15, -0.1) is 0 Å². The number of hydrogen-bond acceptors (Lipinski definition) is 8. The second kappa shape index (κ2) is 12.5. The summed E-state index contributed by atoms with van der Waals surface area (Å²) in [4.78, 5) is 47.3. The minimum absolute atomic E-state index is 0.00885. The van der Waals surface area contributed by atoms with Crippen LogP contribution in [-0.4, -0.2) is 71.0 Å². The lowest BCUT2D eigenvalue weighted by molar-refractivity contribution is -0.154. The Kier molecular flexibility index (Phi) is 8.65. The van der Waals surface area contributed by atoms with Crippen LogP contribution in [0.3, 0.4) is 0 Å². The number of carbonyl (C=O) groups excluding carboxylic acids is 3. The molecule has 1 aliphatic heterocycles. The summed E-state index contributed by atoms with van der Waals surface area (Å²) in [5, 5.41) is 5.95. The van der Waals surface area contributed by atoms with Gasteiger partial charge in [0.1, 0.15) is 23.7 Å². The first kappa shape index (κ1) is 28.3. The summed E-state index contributed by atoms with van der Waals surface area (Å²) in [7, 11) is 0. The summed E-state index contributed by atoms with van der Waals surface area (Å²) in [6.45, 7) is 4.62. The molecule has 0 bridgehead atoms. The van der Waals surface area contributed by atoms with E-state index in [0.717, 1.165) is 21.7 Å². The van der Waals surface area contributed by atoms with Gasteiger partial charge in [0.25, 0.3) is 5.91 Å². The van der Waals surface area contributed by atoms with Gasteiger partial charge in [0, 0.05) is 19.3 Å². The predicted octanol–water partition coefficient (Wildman–Crippen LogP) is 4.39. The fourth-order valence-corrected chi connectivity index (χ4v) is 5.64. The van der Waals surface area contributed by atoms with E-state index in [9.17, 15) is 14.4 Å². The summed E-state index contributed by atoms with van der Waals surface area (Å²) in [5.41, 5.74) is 0.389. The molecule has 3 heterocycles. The molecule has 1 unspecified atom stereocenters. The Balaban J connectivity index is 1.35. The van der Waals surface area contributed by atoms with Crippen LogP contribution in [0.25, 0.3) is 15.4 Å². The Morgan fingerprint density at radius 1 is 1.12 bits per heavy atom. The number of aldehydes is 1. The van der Waals surface area contributed by atoms with Crippen LogP contribution in [0.1, 0.15) is 25.5 Å². The largest absolute Gasteiger partial charge is 0.449 e. The number of benzene rings is 2. The molecule has 2 amide bonds. The van der Waals surface area contributed by atoms with E-state index in [1.165, 1.54) is 4.90 Å². The number of anilines is 1. The van der Waals surface area contributed by atoms with E-state index < -0.39 is 23.6 Å². The number of nitrogens with zero attached hydrogens (tertiary/aromatic N) is 3. The number of morpholine rings is 1. The molecule has 2 aromatic heterocycles. The zero-order valence-electron chi connectivity index (χ0n) is 23.0. The fourth-order valence-electron chi connectivity index (χ4n) is 4.67. The first-order chi connectivity index (χ1) is 19.9. The normalized spacial score (nSPS) is 17.8. The van der Waals surface area contributed by atoms with Crippen LogP contribution >= 0.6 is 11.3 Å². The topological polar surface area (TPSA) is 114 Å². The Morgan fingerprint density at radius 2 is 1.85 bits per heavy atom. The molecule has 2 aromatic carbocycles. The first-order valence-corrected chi connectivity index (χ1v) is 14.3. The number of rotatable bonds is 10. The van der Waals surface area contributed by atoms with Gasteiger partial charge in [-0.25, -0.2) is 9.78 Å². The number of alkyl carbamates (subject to hydrolysis) is 1. The highest BCUT2D eigenvalue weighted by Crippen LogP contribution is 2.30. The maximum atomic E-state index is 14.0. The zero-order chi connectivity index (χ0) is 28.8. The first-order valence-electron chi connectivity index (χ1n) is 13.5. The molecule has 1 fully saturated rings. The summed E-state index contributed by atoms with van der Waals surface area (Å²) >= 11 is 1.56. The number of amides is 2. The van der Waals surface area contributed by atoms with Crippen LogP contribution in [0.4, 0.5) is 10.6 Å². The maximum absolute atomic E-state index is 14.0.